The maximum Gasteiger partial charge on any atom is 0.326 e. The third-order valence-electron chi connectivity index (χ3n) is 7.28. The van der Waals surface area contributed by atoms with Crippen LogP contribution in [0.4, 0.5) is 0 Å². The number of piperidine rings is 1. The molecule has 1 aliphatic rings. The highest BCUT2D eigenvalue weighted by Gasteiger charge is 2.40. The molecule has 37 heavy (non-hydrogen) atoms. The predicted octanol–water partition coefficient (Wildman–Crippen LogP) is 5.23. The zero-order valence-electron chi connectivity index (χ0n) is 20.9. The van der Waals surface area contributed by atoms with E-state index in [4.69, 9.17) is 5.10 Å². The summed E-state index contributed by atoms with van der Waals surface area (Å²) >= 11 is 0. The first-order valence-electron chi connectivity index (χ1n) is 12.7. The Balaban J connectivity index is 1.38. The average molecular weight is 494 g/mol. The summed E-state index contributed by atoms with van der Waals surface area (Å²) < 4.78 is 1.97. The summed E-state index contributed by atoms with van der Waals surface area (Å²) in [5, 5.41) is 15.0. The minimum Gasteiger partial charge on any atom is -0.480 e. The van der Waals surface area contributed by atoms with Crippen LogP contribution in [0.2, 0.25) is 0 Å². The molecule has 1 aliphatic heterocycles. The van der Waals surface area contributed by atoms with Crippen molar-refractivity contribution in [2.24, 2.45) is 0 Å². The van der Waals surface area contributed by atoms with Gasteiger partial charge in [0.25, 0.3) is 0 Å². The second-order valence-electron chi connectivity index (χ2n) is 9.72. The smallest absolute Gasteiger partial charge is 0.326 e. The van der Waals surface area contributed by atoms with Gasteiger partial charge in [-0.05, 0) is 42.5 Å². The number of rotatable bonds is 7. The minimum atomic E-state index is -0.974. The Morgan fingerprint density at radius 3 is 2.05 bits per heavy atom. The van der Waals surface area contributed by atoms with Gasteiger partial charge in [0.1, 0.15) is 6.04 Å². The number of aromatic nitrogens is 2. The number of amides is 1. The number of carboxylic acids is 1. The number of carbonyl (C=O) groups excluding carboxylic acids is 1. The van der Waals surface area contributed by atoms with Gasteiger partial charge in [-0.1, -0.05) is 91.0 Å². The largest absolute Gasteiger partial charge is 0.480 e. The van der Waals surface area contributed by atoms with Crippen LogP contribution in [0, 0.1) is 6.92 Å². The van der Waals surface area contributed by atoms with E-state index in [2.05, 4.69) is 18.2 Å². The number of carboxylic acid groups (broad SMARTS) is 1. The number of hydrogen-bond donors (Lipinski definition) is 1. The van der Waals surface area contributed by atoms with E-state index in [1.54, 1.807) is 4.90 Å². The van der Waals surface area contributed by atoms with Gasteiger partial charge in [-0.15, -0.1) is 0 Å². The summed E-state index contributed by atoms with van der Waals surface area (Å²) in [5.41, 5.74) is 4.82. The maximum absolute atomic E-state index is 14.0. The van der Waals surface area contributed by atoms with Crippen LogP contribution >= 0.6 is 0 Å². The lowest BCUT2D eigenvalue weighted by atomic mass is 9.85. The Morgan fingerprint density at radius 2 is 1.49 bits per heavy atom. The molecule has 1 fully saturated rings. The first-order valence-corrected chi connectivity index (χ1v) is 12.7. The predicted molar refractivity (Wildman–Crippen MR) is 142 cm³/mol. The second-order valence-corrected chi connectivity index (χ2v) is 9.72. The fourth-order valence-corrected chi connectivity index (χ4v) is 5.32. The number of hydrogen-bond acceptors (Lipinski definition) is 3. The SMILES string of the molecule is Cc1cc(C2CCN(C(=O)C(c3ccccc3)c3ccccc3)[C@H](C(=O)O)C2)nn1Cc1ccccc1. The molecule has 0 spiro atoms. The van der Waals surface area contributed by atoms with Crippen molar-refractivity contribution in [2.75, 3.05) is 6.54 Å². The molecule has 0 saturated carbocycles. The van der Waals surface area contributed by atoms with Crippen molar-refractivity contribution in [3.05, 3.63) is 125 Å². The van der Waals surface area contributed by atoms with Gasteiger partial charge in [-0.3, -0.25) is 9.48 Å². The number of likely N-dealkylation sites (tertiary alicyclic amines) is 1. The van der Waals surface area contributed by atoms with Crippen molar-refractivity contribution in [3.8, 4) is 0 Å². The van der Waals surface area contributed by atoms with E-state index in [-0.39, 0.29) is 11.8 Å². The Hall–Kier alpha value is -4.19. The van der Waals surface area contributed by atoms with Crippen molar-refractivity contribution in [3.63, 3.8) is 0 Å². The van der Waals surface area contributed by atoms with Gasteiger partial charge in [0, 0.05) is 18.2 Å². The molecule has 2 heterocycles. The van der Waals surface area contributed by atoms with E-state index >= 15 is 0 Å². The molecule has 4 aromatic rings. The first-order chi connectivity index (χ1) is 18.0. The highest BCUT2D eigenvalue weighted by Crippen LogP contribution is 2.35. The molecule has 0 aliphatic carbocycles. The van der Waals surface area contributed by atoms with Crippen LogP contribution in [0.3, 0.4) is 0 Å². The highest BCUT2D eigenvalue weighted by atomic mass is 16.4. The molecule has 1 aromatic heterocycles. The van der Waals surface area contributed by atoms with E-state index in [0.29, 0.717) is 25.9 Å². The summed E-state index contributed by atoms with van der Waals surface area (Å²) in [6.07, 6.45) is 1.02. The Kier molecular flexibility index (Phi) is 7.17. The maximum atomic E-state index is 14.0. The molecule has 0 radical (unpaired) electrons. The standard InChI is InChI=1S/C31H31N3O3/c1-22-19-27(32-34(22)21-23-11-5-2-6-12-23)26-17-18-33(28(20-26)31(36)37)30(35)29(24-13-7-3-8-14-24)25-15-9-4-10-16-25/h2-16,19,26,28-29H,17-18,20-21H2,1H3,(H,36,37)/t26?,28-/m0/s1. The number of aryl methyl sites for hydroxylation is 1. The normalized spacial score (nSPS) is 17.6. The third kappa shape index (κ3) is 5.33. The first kappa shape index (κ1) is 24.5. The van der Waals surface area contributed by atoms with E-state index in [9.17, 15) is 14.7 Å². The van der Waals surface area contributed by atoms with Crippen molar-refractivity contribution in [2.45, 2.75) is 44.2 Å². The molecule has 1 N–H and O–H groups in total. The quantitative estimate of drug-likeness (QED) is 0.383. The fraction of sp³-hybridized carbons (Fsp3) is 0.258. The Morgan fingerprint density at radius 1 is 0.919 bits per heavy atom. The topological polar surface area (TPSA) is 75.4 Å². The van der Waals surface area contributed by atoms with Crippen LogP contribution in [0.1, 0.15) is 52.8 Å². The lowest BCUT2D eigenvalue weighted by Crippen LogP contribution is -2.51. The molecule has 5 rings (SSSR count). The van der Waals surface area contributed by atoms with Gasteiger partial charge in [-0.2, -0.15) is 5.10 Å². The van der Waals surface area contributed by atoms with Crippen molar-refractivity contribution >= 4 is 11.9 Å². The molecule has 3 aromatic carbocycles. The highest BCUT2D eigenvalue weighted by molar-refractivity contribution is 5.91. The molecule has 1 saturated heterocycles. The summed E-state index contributed by atoms with van der Waals surface area (Å²) in [6, 6.07) is 30.5. The molecule has 6 heteroatoms. The summed E-state index contributed by atoms with van der Waals surface area (Å²) in [5.74, 6) is -1.71. The molecule has 0 bridgehead atoms. The number of carbonyl (C=O) groups is 2. The van der Waals surface area contributed by atoms with Crippen molar-refractivity contribution < 1.29 is 14.7 Å². The molecule has 2 atom stereocenters. The Bertz CT molecular complexity index is 1310. The third-order valence-corrected chi connectivity index (χ3v) is 7.28. The molecule has 1 amide bonds. The monoisotopic (exact) mass is 493 g/mol. The molecule has 1 unspecified atom stereocenters. The van der Waals surface area contributed by atoms with Gasteiger partial charge in [0.15, 0.2) is 0 Å². The molecular weight excluding hydrogens is 462 g/mol. The van der Waals surface area contributed by atoms with Crippen molar-refractivity contribution in [1.82, 2.24) is 14.7 Å². The van der Waals surface area contributed by atoms with E-state index in [1.807, 2.05) is 90.5 Å². The molecular formula is C31H31N3O3. The van der Waals surface area contributed by atoms with Gasteiger partial charge in [0.2, 0.25) is 5.91 Å². The van der Waals surface area contributed by atoms with Crippen molar-refractivity contribution in [1.29, 1.82) is 0 Å². The molecule has 6 nitrogen and oxygen atoms in total. The van der Waals surface area contributed by atoms with E-state index in [1.165, 1.54) is 0 Å². The summed E-state index contributed by atoms with van der Waals surface area (Å²) in [6.45, 7) is 3.07. The van der Waals surface area contributed by atoms with Crippen LogP contribution in [-0.2, 0) is 16.1 Å². The number of benzene rings is 3. The Labute approximate surface area is 217 Å². The second kappa shape index (κ2) is 10.8. The van der Waals surface area contributed by atoms with Gasteiger partial charge < -0.3 is 10.0 Å². The van der Waals surface area contributed by atoms with Crippen LogP contribution < -0.4 is 0 Å². The summed E-state index contributed by atoms with van der Waals surface area (Å²) in [4.78, 5) is 28.0. The van der Waals surface area contributed by atoms with E-state index in [0.717, 1.165) is 28.1 Å². The lowest BCUT2D eigenvalue weighted by molar-refractivity contribution is -0.152. The van der Waals surface area contributed by atoms with Gasteiger partial charge in [-0.25, -0.2) is 4.79 Å². The van der Waals surface area contributed by atoms with Gasteiger partial charge in [0.05, 0.1) is 18.2 Å². The zero-order chi connectivity index (χ0) is 25.8. The van der Waals surface area contributed by atoms with E-state index < -0.39 is 17.9 Å². The molecule has 188 valence electrons. The van der Waals surface area contributed by atoms with Crippen LogP contribution in [0.15, 0.2) is 97.1 Å². The average Bonchev–Trinajstić information content (AvgIpc) is 3.30. The zero-order valence-corrected chi connectivity index (χ0v) is 20.9. The summed E-state index contributed by atoms with van der Waals surface area (Å²) in [7, 11) is 0. The van der Waals surface area contributed by atoms with Crippen LogP contribution in [0.25, 0.3) is 0 Å². The van der Waals surface area contributed by atoms with Crippen LogP contribution in [-0.4, -0.2) is 44.3 Å². The van der Waals surface area contributed by atoms with Crippen LogP contribution in [0.5, 0.6) is 0 Å². The lowest BCUT2D eigenvalue weighted by Gasteiger charge is -2.38. The fourth-order valence-electron chi connectivity index (χ4n) is 5.32. The minimum absolute atomic E-state index is 0.0206. The van der Waals surface area contributed by atoms with Gasteiger partial charge >= 0.3 is 5.97 Å². The number of nitrogens with zero attached hydrogens (tertiary/aromatic N) is 3. The number of aliphatic carboxylic acids is 1.